The Morgan fingerprint density at radius 2 is 1.92 bits per heavy atom. The molecule has 0 spiro atoms. The first-order valence-corrected chi connectivity index (χ1v) is 9.49. The van der Waals surface area contributed by atoms with Gasteiger partial charge in [0.1, 0.15) is 5.75 Å². The SMILES string of the molecule is CS(=O)(=O)c1ccc(CN2C(=O)COc3cc(C(=O)NO)ccc32)cc1. The number of benzene rings is 2. The van der Waals surface area contributed by atoms with Gasteiger partial charge in [-0.15, -0.1) is 0 Å². The van der Waals surface area contributed by atoms with Crippen molar-refractivity contribution in [3.63, 3.8) is 0 Å². The van der Waals surface area contributed by atoms with E-state index in [1.807, 2.05) is 0 Å². The maximum atomic E-state index is 12.2. The molecule has 0 unspecified atom stereocenters. The van der Waals surface area contributed by atoms with Gasteiger partial charge in [-0.1, -0.05) is 12.1 Å². The van der Waals surface area contributed by atoms with Crippen molar-refractivity contribution in [2.75, 3.05) is 17.8 Å². The second-order valence-corrected chi connectivity index (χ2v) is 7.82. The van der Waals surface area contributed by atoms with E-state index in [4.69, 9.17) is 9.94 Å². The highest BCUT2D eigenvalue weighted by atomic mass is 32.2. The van der Waals surface area contributed by atoms with E-state index in [-0.39, 0.29) is 29.5 Å². The van der Waals surface area contributed by atoms with Crippen LogP contribution >= 0.6 is 0 Å². The Labute approximate surface area is 149 Å². The molecule has 1 heterocycles. The number of nitrogens with one attached hydrogen (secondary N) is 1. The van der Waals surface area contributed by atoms with Gasteiger partial charge in [-0.3, -0.25) is 14.8 Å². The molecule has 0 fully saturated rings. The van der Waals surface area contributed by atoms with Crippen molar-refractivity contribution in [1.29, 1.82) is 0 Å². The van der Waals surface area contributed by atoms with Crippen molar-refractivity contribution in [2.24, 2.45) is 0 Å². The second kappa shape index (κ2) is 6.77. The van der Waals surface area contributed by atoms with Crippen molar-refractivity contribution < 1.29 is 28.0 Å². The third kappa shape index (κ3) is 3.53. The highest BCUT2D eigenvalue weighted by Gasteiger charge is 2.26. The highest BCUT2D eigenvalue weighted by Crippen LogP contribution is 2.34. The Kier molecular flexibility index (Phi) is 4.66. The Bertz CT molecular complexity index is 969. The van der Waals surface area contributed by atoms with E-state index >= 15 is 0 Å². The molecule has 9 heteroatoms. The topological polar surface area (TPSA) is 113 Å². The first-order chi connectivity index (χ1) is 12.3. The first kappa shape index (κ1) is 17.9. The third-order valence-corrected chi connectivity index (χ3v) is 5.09. The van der Waals surface area contributed by atoms with E-state index in [0.29, 0.717) is 11.4 Å². The lowest BCUT2D eigenvalue weighted by Gasteiger charge is -2.29. The molecule has 0 aliphatic carbocycles. The van der Waals surface area contributed by atoms with Crippen LogP contribution in [0.5, 0.6) is 5.75 Å². The van der Waals surface area contributed by atoms with Crippen LogP contribution in [0.1, 0.15) is 15.9 Å². The molecule has 8 nitrogen and oxygen atoms in total. The monoisotopic (exact) mass is 376 g/mol. The van der Waals surface area contributed by atoms with Crippen molar-refractivity contribution in [3.8, 4) is 5.75 Å². The van der Waals surface area contributed by atoms with Crippen LogP contribution in [0.3, 0.4) is 0 Å². The summed E-state index contributed by atoms with van der Waals surface area (Å²) in [5, 5.41) is 8.71. The Morgan fingerprint density at radius 1 is 1.23 bits per heavy atom. The number of nitrogens with zero attached hydrogens (tertiary/aromatic N) is 1. The lowest BCUT2D eigenvalue weighted by atomic mass is 10.1. The Morgan fingerprint density at radius 3 is 2.54 bits per heavy atom. The number of carbonyl (C=O) groups excluding carboxylic acids is 2. The molecule has 136 valence electrons. The minimum atomic E-state index is -3.29. The number of carbonyl (C=O) groups is 2. The fraction of sp³-hybridized carbons (Fsp3) is 0.176. The van der Waals surface area contributed by atoms with Gasteiger partial charge < -0.3 is 9.64 Å². The number of amides is 2. The highest BCUT2D eigenvalue weighted by molar-refractivity contribution is 7.90. The molecular formula is C17H16N2O6S. The summed E-state index contributed by atoms with van der Waals surface area (Å²) in [6.45, 7) is 0.0450. The van der Waals surface area contributed by atoms with Gasteiger partial charge in [0, 0.05) is 11.8 Å². The molecule has 0 aromatic heterocycles. The molecule has 1 aliphatic rings. The molecule has 1 aliphatic heterocycles. The summed E-state index contributed by atoms with van der Waals surface area (Å²) < 4.78 is 28.4. The number of anilines is 1. The van der Waals surface area contributed by atoms with Crippen LogP contribution in [0, 0.1) is 0 Å². The fourth-order valence-corrected chi connectivity index (χ4v) is 3.24. The van der Waals surface area contributed by atoms with Gasteiger partial charge in [0.2, 0.25) is 0 Å². The molecule has 2 amide bonds. The van der Waals surface area contributed by atoms with Crippen LogP contribution in [0.4, 0.5) is 5.69 Å². The van der Waals surface area contributed by atoms with Gasteiger partial charge in [-0.05, 0) is 35.9 Å². The molecular weight excluding hydrogens is 360 g/mol. The van der Waals surface area contributed by atoms with Crippen LogP contribution < -0.4 is 15.1 Å². The van der Waals surface area contributed by atoms with Crippen molar-refractivity contribution in [1.82, 2.24) is 5.48 Å². The van der Waals surface area contributed by atoms with Gasteiger partial charge >= 0.3 is 0 Å². The maximum Gasteiger partial charge on any atom is 0.274 e. The van der Waals surface area contributed by atoms with E-state index in [2.05, 4.69) is 0 Å². The summed E-state index contributed by atoms with van der Waals surface area (Å²) in [5.41, 5.74) is 2.97. The molecule has 0 atom stereocenters. The summed E-state index contributed by atoms with van der Waals surface area (Å²) in [4.78, 5) is 25.4. The van der Waals surface area contributed by atoms with E-state index in [1.54, 1.807) is 23.7 Å². The smallest absolute Gasteiger partial charge is 0.274 e. The zero-order valence-corrected chi connectivity index (χ0v) is 14.6. The van der Waals surface area contributed by atoms with Crippen LogP contribution in [-0.4, -0.2) is 38.3 Å². The van der Waals surface area contributed by atoms with Crippen molar-refractivity contribution >= 4 is 27.3 Å². The number of rotatable bonds is 4. The summed E-state index contributed by atoms with van der Waals surface area (Å²) in [7, 11) is -3.29. The van der Waals surface area contributed by atoms with E-state index < -0.39 is 15.7 Å². The molecule has 0 radical (unpaired) electrons. The summed E-state index contributed by atoms with van der Waals surface area (Å²) in [5.74, 6) is -0.598. The Balaban J connectivity index is 1.89. The average Bonchev–Trinajstić information content (AvgIpc) is 2.62. The molecule has 2 N–H and O–H groups in total. The molecule has 0 saturated heterocycles. The quantitative estimate of drug-likeness (QED) is 0.611. The maximum absolute atomic E-state index is 12.2. The van der Waals surface area contributed by atoms with Crippen LogP contribution in [0.25, 0.3) is 0 Å². The molecule has 0 saturated carbocycles. The predicted octanol–water partition coefficient (Wildman–Crippen LogP) is 1.13. The van der Waals surface area contributed by atoms with E-state index in [9.17, 15) is 18.0 Å². The third-order valence-electron chi connectivity index (χ3n) is 3.96. The number of sulfone groups is 1. The minimum Gasteiger partial charge on any atom is -0.482 e. The summed E-state index contributed by atoms with van der Waals surface area (Å²) in [6, 6.07) is 10.7. The van der Waals surface area contributed by atoms with Crippen molar-refractivity contribution in [2.45, 2.75) is 11.4 Å². The Hall–Kier alpha value is -2.91. The van der Waals surface area contributed by atoms with Crippen LogP contribution in [0.2, 0.25) is 0 Å². The molecule has 2 aromatic carbocycles. The number of hydrogen-bond donors (Lipinski definition) is 2. The van der Waals surface area contributed by atoms with Gasteiger partial charge in [-0.25, -0.2) is 13.9 Å². The van der Waals surface area contributed by atoms with Crippen LogP contribution in [0.15, 0.2) is 47.4 Å². The number of ether oxygens (including phenoxy) is 1. The number of hydrogen-bond acceptors (Lipinski definition) is 6. The predicted molar refractivity (Wildman–Crippen MR) is 91.9 cm³/mol. The number of fused-ring (bicyclic) bond motifs is 1. The average molecular weight is 376 g/mol. The fourth-order valence-electron chi connectivity index (χ4n) is 2.61. The van der Waals surface area contributed by atoms with Crippen LogP contribution in [-0.2, 0) is 21.2 Å². The number of hydroxylamine groups is 1. The van der Waals surface area contributed by atoms with Gasteiger partial charge in [0.15, 0.2) is 16.4 Å². The lowest BCUT2D eigenvalue weighted by molar-refractivity contribution is -0.121. The largest absolute Gasteiger partial charge is 0.482 e. The normalized spacial score (nSPS) is 13.8. The molecule has 3 rings (SSSR count). The first-order valence-electron chi connectivity index (χ1n) is 7.60. The molecule has 0 bridgehead atoms. The van der Waals surface area contributed by atoms with E-state index in [0.717, 1.165) is 11.8 Å². The summed E-state index contributed by atoms with van der Waals surface area (Å²) >= 11 is 0. The second-order valence-electron chi connectivity index (χ2n) is 5.81. The zero-order valence-electron chi connectivity index (χ0n) is 13.8. The van der Waals surface area contributed by atoms with E-state index in [1.165, 1.54) is 29.2 Å². The minimum absolute atomic E-state index is 0.182. The molecule has 2 aromatic rings. The van der Waals surface area contributed by atoms with Crippen molar-refractivity contribution in [3.05, 3.63) is 53.6 Å². The summed E-state index contributed by atoms with van der Waals surface area (Å²) in [6.07, 6.45) is 1.13. The van der Waals surface area contributed by atoms with Gasteiger partial charge in [-0.2, -0.15) is 0 Å². The standard InChI is InChI=1S/C17H16N2O6S/c1-26(23,24)13-5-2-11(3-6-13)9-19-14-7-4-12(17(21)18-22)8-15(14)25-10-16(19)20/h2-8,22H,9-10H2,1H3,(H,18,21). The molecule has 26 heavy (non-hydrogen) atoms. The van der Waals surface area contributed by atoms with Gasteiger partial charge in [0.05, 0.1) is 17.1 Å². The zero-order chi connectivity index (χ0) is 18.9. The lowest BCUT2D eigenvalue weighted by Crippen LogP contribution is -2.38. The van der Waals surface area contributed by atoms with Gasteiger partial charge in [0.25, 0.3) is 11.8 Å².